The van der Waals surface area contributed by atoms with Crippen LogP contribution in [0.5, 0.6) is 5.75 Å². The zero-order valence-corrected chi connectivity index (χ0v) is 15.7. The molecule has 1 amide bonds. The molecular formula is C17H16ClN5O2S. The van der Waals surface area contributed by atoms with E-state index in [0.717, 1.165) is 22.7 Å². The van der Waals surface area contributed by atoms with Gasteiger partial charge in [0, 0.05) is 10.7 Å². The minimum atomic E-state index is -0.145. The molecular weight excluding hydrogens is 374 g/mol. The highest BCUT2D eigenvalue weighted by Crippen LogP contribution is 2.23. The van der Waals surface area contributed by atoms with Crippen molar-refractivity contribution in [2.45, 2.75) is 12.1 Å². The lowest BCUT2D eigenvalue weighted by molar-refractivity contribution is -0.113. The predicted molar refractivity (Wildman–Crippen MR) is 101 cm³/mol. The lowest BCUT2D eigenvalue weighted by Crippen LogP contribution is -2.15. The van der Waals surface area contributed by atoms with Crippen molar-refractivity contribution in [2.24, 2.45) is 0 Å². The summed E-state index contributed by atoms with van der Waals surface area (Å²) in [6, 6.07) is 12.6. The Morgan fingerprint density at radius 1 is 1.27 bits per heavy atom. The summed E-state index contributed by atoms with van der Waals surface area (Å²) in [6.07, 6.45) is 0. The number of ether oxygens (including phenoxy) is 1. The van der Waals surface area contributed by atoms with Gasteiger partial charge >= 0.3 is 0 Å². The van der Waals surface area contributed by atoms with E-state index in [1.165, 1.54) is 11.8 Å². The lowest BCUT2D eigenvalue weighted by atomic mass is 10.2. The molecule has 134 valence electrons. The second-order valence-corrected chi connectivity index (χ2v) is 6.75. The van der Waals surface area contributed by atoms with Crippen molar-refractivity contribution in [3.63, 3.8) is 0 Å². The zero-order valence-electron chi connectivity index (χ0n) is 14.1. The molecule has 26 heavy (non-hydrogen) atoms. The molecule has 0 aliphatic heterocycles. The van der Waals surface area contributed by atoms with Crippen LogP contribution in [0.1, 0.15) is 5.56 Å². The van der Waals surface area contributed by atoms with Crippen LogP contribution in [-0.2, 0) is 4.79 Å². The van der Waals surface area contributed by atoms with Crippen LogP contribution in [0.4, 0.5) is 5.69 Å². The fourth-order valence-corrected chi connectivity index (χ4v) is 3.05. The van der Waals surface area contributed by atoms with Gasteiger partial charge in [0.25, 0.3) is 0 Å². The van der Waals surface area contributed by atoms with Crippen molar-refractivity contribution in [2.75, 3.05) is 18.2 Å². The first kappa shape index (κ1) is 18.2. The fraction of sp³-hybridized carbons (Fsp3) is 0.176. The highest BCUT2D eigenvalue weighted by molar-refractivity contribution is 7.99. The molecule has 0 radical (unpaired) electrons. The predicted octanol–water partition coefficient (Wildman–Crippen LogP) is 3.36. The van der Waals surface area contributed by atoms with Gasteiger partial charge in [-0.25, -0.2) is 0 Å². The van der Waals surface area contributed by atoms with Gasteiger partial charge in [0.2, 0.25) is 11.1 Å². The maximum absolute atomic E-state index is 12.2. The van der Waals surface area contributed by atoms with Crippen LogP contribution >= 0.6 is 23.4 Å². The van der Waals surface area contributed by atoms with E-state index in [1.807, 2.05) is 31.2 Å². The fourth-order valence-electron chi connectivity index (χ4n) is 2.23. The van der Waals surface area contributed by atoms with Gasteiger partial charge in [-0.2, -0.15) is 4.68 Å². The number of aromatic nitrogens is 4. The van der Waals surface area contributed by atoms with E-state index in [0.29, 0.717) is 10.2 Å². The summed E-state index contributed by atoms with van der Waals surface area (Å²) in [6.45, 7) is 1.91. The summed E-state index contributed by atoms with van der Waals surface area (Å²) < 4.78 is 6.73. The molecule has 7 nitrogen and oxygen atoms in total. The summed E-state index contributed by atoms with van der Waals surface area (Å²) in [5.74, 6) is 0.783. The normalized spacial score (nSPS) is 10.6. The topological polar surface area (TPSA) is 81.9 Å². The number of carbonyl (C=O) groups excluding carboxylic acids is 1. The second-order valence-electron chi connectivity index (χ2n) is 5.37. The summed E-state index contributed by atoms with van der Waals surface area (Å²) in [5.41, 5.74) is 2.44. The average Bonchev–Trinajstić information content (AvgIpc) is 3.11. The van der Waals surface area contributed by atoms with Gasteiger partial charge < -0.3 is 10.1 Å². The van der Waals surface area contributed by atoms with Crippen molar-refractivity contribution in [1.82, 2.24) is 20.2 Å². The van der Waals surface area contributed by atoms with Crippen LogP contribution in [0, 0.1) is 6.92 Å². The number of hydrogen-bond acceptors (Lipinski definition) is 6. The number of nitrogens with one attached hydrogen (secondary N) is 1. The molecule has 0 unspecified atom stereocenters. The van der Waals surface area contributed by atoms with Gasteiger partial charge in [-0.3, -0.25) is 4.79 Å². The molecule has 0 aliphatic rings. The Balaban J connectivity index is 1.64. The van der Waals surface area contributed by atoms with E-state index in [4.69, 9.17) is 16.3 Å². The largest absolute Gasteiger partial charge is 0.497 e. The van der Waals surface area contributed by atoms with Crippen molar-refractivity contribution >= 4 is 35.0 Å². The minimum Gasteiger partial charge on any atom is -0.497 e. The van der Waals surface area contributed by atoms with Crippen LogP contribution in [0.15, 0.2) is 47.6 Å². The van der Waals surface area contributed by atoms with Crippen molar-refractivity contribution in [3.05, 3.63) is 53.1 Å². The van der Waals surface area contributed by atoms with Gasteiger partial charge in [-0.1, -0.05) is 23.4 Å². The summed E-state index contributed by atoms with van der Waals surface area (Å²) in [7, 11) is 1.61. The third-order valence-electron chi connectivity index (χ3n) is 3.55. The number of amides is 1. The Morgan fingerprint density at radius 3 is 2.73 bits per heavy atom. The summed E-state index contributed by atoms with van der Waals surface area (Å²) in [4.78, 5) is 12.2. The summed E-state index contributed by atoms with van der Waals surface area (Å²) >= 11 is 7.15. The SMILES string of the molecule is COc1ccc(NC(=O)CSc2nnnn2-c2ccc(Cl)cc2)c(C)c1. The van der Waals surface area contributed by atoms with Crippen LogP contribution < -0.4 is 10.1 Å². The Bertz CT molecular complexity index is 914. The van der Waals surface area contributed by atoms with Gasteiger partial charge in [0.05, 0.1) is 18.6 Å². The molecule has 1 N–H and O–H groups in total. The molecule has 0 fully saturated rings. The Labute approximate surface area is 159 Å². The van der Waals surface area contributed by atoms with Crippen molar-refractivity contribution in [3.8, 4) is 11.4 Å². The smallest absolute Gasteiger partial charge is 0.234 e. The Kier molecular flexibility index (Phi) is 5.75. The Morgan fingerprint density at radius 2 is 2.04 bits per heavy atom. The quantitative estimate of drug-likeness (QED) is 0.651. The molecule has 0 spiro atoms. The monoisotopic (exact) mass is 389 g/mol. The average molecular weight is 390 g/mol. The number of rotatable bonds is 6. The Hall–Kier alpha value is -2.58. The number of halogens is 1. The van der Waals surface area contributed by atoms with E-state index in [1.54, 1.807) is 30.0 Å². The van der Waals surface area contributed by atoms with Gasteiger partial charge in [0.1, 0.15) is 5.75 Å². The van der Waals surface area contributed by atoms with Crippen LogP contribution in [-0.4, -0.2) is 39.0 Å². The molecule has 0 saturated carbocycles. The van der Waals surface area contributed by atoms with Crippen LogP contribution in [0.2, 0.25) is 5.02 Å². The zero-order chi connectivity index (χ0) is 18.5. The van der Waals surface area contributed by atoms with Crippen molar-refractivity contribution in [1.29, 1.82) is 0 Å². The highest BCUT2D eigenvalue weighted by Gasteiger charge is 2.12. The lowest BCUT2D eigenvalue weighted by Gasteiger charge is -2.10. The molecule has 0 atom stereocenters. The molecule has 3 aromatic rings. The van der Waals surface area contributed by atoms with Crippen LogP contribution in [0.25, 0.3) is 5.69 Å². The summed E-state index contributed by atoms with van der Waals surface area (Å²) in [5, 5.41) is 15.6. The number of carbonyl (C=O) groups is 1. The van der Waals surface area contributed by atoms with E-state index in [9.17, 15) is 4.79 Å². The van der Waals surface area contributed by atoms with Crippen molar-refractivity contribution < 1.29 is 9.53 Å². The third-order valence-corrected chi connectivity index (χ3v) is 4.72. The number of nitrogens with zero attached hydrogens (tertiary/aromatic N) is 4. The van der Waals surface area contributed by atoms with Gasteiger partial charge in [-0.05, 0) is 65.4 Å². The number of aryl methyl sites for hydroxylation is 1. The molecule has 2 aromatic carbocycles. The molecule has 3 rings (SSSR count). The molecule has 1 aromatic heterocycles. The number of methoxy groups -OCH3 is 1. The number of tetrazole rings is 1. The minimum absolute atomic E-state index is 0.145. The standard InChI is InChI=1S/C17H16ClN5O2S/c1-11-9-14(25-2)7-8-15(11)19-16(24)10-26-17-20-21-22-23(17)13-5-3-12(18)4-6-13/h3-9H,10H2,1-2H3,(H,19,24). The molecule has 0 saturated heterocycles. The maximum Gasteiger partial charge on any atom is 0.234 e. The first-order valence-electron chi connectivity index (χ1n) is 7.68. The maximum atomic E-state index is 12.2. The molecule has 1 heterocycles. The van der Waals surface area contributed by atoms with Crippen LogP contribution in [0.3, 0.4) is 0 Å². The number of anilines is 1. The highest BCUT2D eigenvalue weighted by atomic mass is 35.5. The van der Waals surface area contributed by atoms with Gasteiger partial charge in [0.15, 0.2) is 0 Å². The van der Waals surface area contributed by atoms with E-state index < -0.39 is 0 Å². The molecule has 0 aliphatic carbocycles. The second kappa shape index (κ2) is 8.20. The van der Waals surface area contributed by atoms with E-state index >= 15 is 0 Å². The number of hydrogen-bond donors (Lipinski definition) is 1. The number of benzene rings is 2. The van der Waals surface area contributed by atoms with E-state index in [2.05, 4.69) is 20.8 Å². The first-order valence-corrected chi connectivity index (χ1v) is 9.05. The number of thioether (sulfide) groups is 1. The first-order chi connectivity index (χ1) is 12.6. The molecule has 9 heteroatoms. The molecule has 0 bridgehead atoms. The van der Waals surface area contributed by atoms with E-state index in [-0.39, 0.29) is 11.7 Å². The third kappa shape index (κ3) is 4.33. The van der Waals surface area contributed by atoms with Gasteiger partial charge in [-0.15, -0.1) is 5.10 Å².